The van der Waals surface area contributed by atoms with Crippen LogP contribution in [0.2, 0.25) is 10.0 Å². The van der Waals surface area contributed by atoms with Crippen LogP contribution in [0.1, 0.15) is 50.6 Å². The van der Waals surface area contributed by atoms with Gasteiger partial charge in [-0.15, -0.1) is 11.3 Å². The smallest absolute Gasteiger partial charge is 0.339 e. The number of rotatable bonds is 4. The van der Waals surface area contributed by atoms with Crippen molar-refractivity contribution in [2.45, 2.75) is 39.5 Å². The predicted molar refractivity (Wildman–Crippen MR) is 144 cm³/mol. The first-order chi connectivity index (χ1) is 16.7. The normalized spacial score (nSPS) is 17.8. The van der Waals surface area contributed by atoms with Gasteiger partial charge in [0.25, 0.3) is 5.91 Å². The number of carboxylic acids is 1. The number of aromatic carboxylic acids is 1. The molecule has 0 unspecified atom stereocenters. The average molecular weight is 547 g/mol. The Morgan fingerprint density at radius 1 is 1.23 bits per heavy atom. The number of halogens is 2. The summed E-state index contributed by atoms with van der Waals surface area (Å²) in [7, 11) is 0. The number of aliphatic imine (C=N–C) groups is 1. The minimum absolute atomic E-state index is 0.255. The number of thioether (sulfide) groups is 1. The zero-order chi connectivity index (χ0) is 24.9. The molecule has 0 bridgehead atoms. The SMILES string of the molecule is Cc1cc(/C=C2\SC(=Nc3cccc(Cl)c3Cl)NC2=O)c(C)n1-c1sc2c(c1C(=O)O)CCCC2. The molecule has 1 aliphatic carbocycles. The Kier molecular flexibility index (Phi) is 6.57. The highest BCUT2D eigenvalue weighted by Crippen LogP contribution is 2.40. The number of carbonyl (C=O) groups is 2. The summed E-state index contributed by atoms with van der Waals surface area (Å²) in [6, 6.07) is 7.12. The predicted octanol–water partition coefficient (Wildman–Crippen LogP) is 6.93. The first kappa shape index (κ1) is 24.2. The molecular weight excluding hydrogens is 525 g/mol. The number of fused-ring (bicyclic) bond motifs is 1. The van der Waals surface area contributed by atoms with Gasteiger partial charge < -0.3 is 15.0 Å². The van der Waals surface area contributed by atoms with Gasteiger partial charge in [-0.05, 0) is 86.7 Å². The van der Waals surface area contributed by atoms with E-state index in [1.165, 1.54) is 16.6 Å². The van der Waals surface area contributed by atoms with Crippen LogP contribution in [0.3, 0.4) is 0 Å². The van der Waals surface area contributed by atoms with Gasteiger partial charge in [0.2, 0.25) is 0 Å². The number of aryl methyl sites for hydroxylation is 2. The third-order valence-electron chi connectivity index (χ3n) is 6.13. The molecule has 1 aromatic carbocycles. The van der Waals surface area contributed by atoms with Gasteiger partial charge in [-0.1, -0.05) is 29.3 Å². The lowest BCUT2D eigenvalue weighted by molar-refractivity contribution is -0.115. The van der Waals surface area contributed by atoms with E-state index in [1.807, 2.05) is 30.6 Å². The topological polar surface area (TPSA) is 83.7 Å². The molecule has 0 saturated carbocycles. The second-order valence-corrected chi connectivity index (χ2v) is 11.3. The lowest BCUT2D eigenvalue weighted by Crippen LogP contribution is -2.19. The number of carboxylic acid groups (broad SMARTS) is 1. The largest absolute Gasteiger partial charge is 0.478 e. The van der Waals surface area contributed by atoms with Gasteiger partial charge in [-0.25, -0.2) is 9.79 Å². The number of amides is 1. The molecule has 1 amide bonds. The van der Waals surface area contributed by atoms with Crippen molar-refractivity contribution in [1.29, 1.82) is 0 Å². The fraction of sp³-hybridized carbons (Fsp3) is 0.240. The maximum Gasteiger partial charge on any atom is 0.339 e. The van der Waals surface area contributed by atoms with Crippen molar-refractivity contribution in [2.24, 2.45) is 4.99 Å². The van der Waals surface area contributed by atoms with Crippen molar-refractivity contribution >= 4 is 75.1 Å². The fourth-order valence-electron chi connectivity index (χ4n) is 4.49. The van der Waals surface area contributed by atoms with Crippen LogP contribution in [-0.4, -0.2) is 26.7 Å². The van der Waals surface area contributed by atoms with Gasteiger partial charge in [-0.3, -0.25) is 4.79 Å². The molecule has 1 aliphatic heterocycles. The molecule has 180 valence electrons. The highest BCUT2D eigenvalue weighted by Gasteiger charge is 2.29. The molecule has 10 heteroatoms. The monoisotopic (exact) mass is 545 g/mol. The van der Waals surface area contributed by atoms with E-state index < -0.39 is 5.97 Å². The summed E-state index contributed by atoms with van der Waals surface area (Å²) in [5, 5.41) is 14.6. The second kappa shape index (κ2) is 9.50. The number of aromatic nitrogens is 1. The molecule has 0 radical (unpaired) electrons. The molecular formula is C25H21Cl2N3O3S2. The lowest BCUT2D eigenvalue weighted by atomic mass is 9.95. The van der Waals surface area contributed by atoms with Crippen LogP contribution in [0.25, 0.3) is 11.1 Å². The van der Waals surface area contributed by atoms with Crippen LogP contribution in [0.5, 0.6) is 0 Å². The van der Waals surface area contributed by atoms with Crippen LogP contribution in [0, 0.1) is 13.8 Å². The van der Waals surface area contributed by atoms with Crippen molar-refractivity contribution in [2.75, 3.05) is 0 Å². The van der Waals surface area contributed by atoms with Crippen molar-refractivity contribution < 1.29 is 14.7 Å². The van der Waals surface area contributed by atoms with Crippen LogP contribution >= 0.6 is 46.3 Å². The Labute approximate surface area is 220 Å². The third kappa shape index (κ3) is 4.44. The van der Waals surface area contributed by atoms with Crippen LogP contribution in [-0.2, 0) is 17.6 Å². The summed E-state index contributed by atoms with van der Waals surface area (Å²) in [5.41, 5.74) is 4.51. The highest BCUT2D eigenvalue weighted by atomic mass is 35.5. The number of carbonyl (C=O) groups excluding carboxylic acids is 1. The summed E-state index contributed by atoms with van der Waals surface area (Å²) in [4.78, 5) is 31.0. The van der Waals surface area contributed by atoms with E-state index in [-0.39, 0.29) is 5.91 Å². The fourth-order valence-corrected chi connectivity index (χ4v) is 7.14. The summed E-state index contributed by atoms with van der Waals surface area (Å²) in [6.07, 6.45) is 5.64. The third-order valence-corrected chi connectivity index (χ3v) is 9.13. The molecule has 1 saturated heterocycles. The molecule has 3 aromatic rings. The zero-order valence-electron chi connectivity index (χ0n) is 18.9. The summed E-state index contributed by atoms with van der Waals surface area (Å²) >= 11 is 15.1. The van der Waals surface area contributed by atoms with Crippen molar-refractivity contribution in [3.63, 3.8) is 0 Å². The number of amidine groups is 1. The van der Waals surface area contributed by atoms with Gasteiger partial charge in [0, 0.05) is 16.3 Å². The van der Waals surface area contributed by atoms with Crippen molar-refractivity contribution in [3.8, 4) is 5.00 Å². The number of nitrogens with zero attached hydrogens (tertiary/aromatic N) is 2. The van der Waals surface area contributed by atoms with Gasteiger partial charge in [0.1, 0.15) is 5.00 Å². The quantitative estimate of drug-likeness (QED) is 0.348. The molecule has 2 aliphatic rings. The highest BCUT2D eigenvalue weighted by molar-refractivity contribution is 8.18. The van der Waals surface area contributed by atoms with Crippen molar-refractivity contribution in [1.82, 2.24) is 9.88 Å². The van der Waals surface area contributed by atoms with Gasteiger partial charge in [0.15, 0.2) is 5.17 Å². The van der Waals surface area contributed by atoms with E-state index in [0.29, 0.717) is 31.4 Å². The molecule has 2 N–H and O–H groups in total. The minimum atomic E-state index is -0.891. The molecule has 5 rings (SSSR count). The van der Waals surface area contributed by atoms with E-state index in [0.717, 1.165) is 53.2 Å². The van der Waals surface area contributed by atoms with Gasteiger partial charge in [-0.2, -0.15) is 0 Å². The van der Waals surface area contributed by atoms with E-state index in [4.69, 9.17) is 23.2 Å². The maximum atomic E-state index is 12.7. The average Bonchev–Trinajstić information content (AvgIpc) is 3.44. The van der Waals surface area contributed by atoms with Gasteiger partial charge in [0.05, 0.1) is 26.2 Å². The maximum absolute atomic E-state index is 12.7. The summed E-state index contributed by atoms with van der Waals surface area (Å²) < 4.78 is 2.00. The molecule has 3 heterocycles. The van der Waals surface area contributed by atoms with E-state index >= 15 is 0 Å². The molecule has 0 spiro atoms. The Morgan fingerprint density at radius 2 is 2.00 bits per heavy atom. The van der Waals surface area contributed by atoms with Crippen LogP contribution in [0.15, 0.2) is 34.2 Å². The Balaban J connectivity index is 1.51. The van der Waals surface area contributed by atoms with Crippen LogP contribution in [0.4, 0.5) is 5.69 Å². The number of hydrogen-bond acceptors (Lipinski definition) is 5. The molecule has 6 nitrogen and oxygen atoms in total. The summed E-state index contributed by atoms with van der Waals surface area (Å²) in [6.45, 7) is 3.90. The van der Waals surface area contributed by atoms with Crippen molar-refractivity contribution in [3.05, 3.63) is 72.2 Å². The number of benzene rings is 1. The Morgan fingerprint density at radius 3 is 2.77 bits per heavy atom. The van der Waals surface area contributed by atoms with E-state index in [2.05, 4.69) is 10.3 Å². The standard InChI is InChI=1S/C25H21Cl2N3O3S2/c1-12-10-14(11-19-22(31)29-25(35-19)28-17-8-5-7-16(26)21(17)27)13(2)30(12)23-20(24(32)33)15-6-3-4-9-18(15)34-23/h5,7-8,10-11H,3-4,6,9H2,1-2H3,(H,32,33)(H,28,29,31)/b19-11-. The van der Waals surface area contributed by atoms with E-state index in [1.54, 1.807) is 29.5 Å². The molecule has 35 heavy (non-hydrogen) atoms. The first-order valence-electron chi connectivity index (χ1n) is 11.1. The van der Waals surface area contributed by atoms with E-state index in [9.17, 15) is 14.7 Å². The zero-order valence-corrected chi connectivity index (χ0v) is 22.1. The Hall–Kier alpha value is -2.52. The second-order valence-electron chi connectivity index (χ2n) is 8.41. The lowest BCUT2D eigenvalue weighted by Gasteiger charge is -2.11. The van der Waals surface area contributed by atoms with Gasteiger partial charge >= 0.3 is 5.97 Å². The molecule has 2 aromatic heterocycles. The molecule has 1 fully saturated rings. The number of hydrogen-bond donors (Lipinski definition) is 2. The van der Waals surface area contributed by atoms with Crippen LogP contribution < -0.4 is 5.32 Å². The minimum Gasteiger partial charge on any atom is -0.478 e. The molecule has 0 atom stereocenters. The Bertz CT molecular complexity index is 1450. The number of thiophene rings is 1. The number of nitrogens with one attached hydrogen (secondary N) is 1. The first-order valence-corrected chi connectivity index (χ1v) is 13.4. The summed E-state index contributed by atoms with van der Waals surface area (Å²) in [5.74, 6) is -1.15.